The van der Waals surface area contributed by atoms with Gasteiger partial charge in [0.05, 0.1) is 20.8 Å². The fourth-order valence-electron chi connectivity index (χ4n) is 13.2. The van der Waals surface area contributed by atoms with Gasteiger partial charge < -0.3 is 9.47 Å². The first-order chi connectivity index (χ1) is 31.7. The molecule has 1 aliphatic heterocycles. The van der Waals surface area contributed by atoms with Gasteiger partial charge >= 0.3 is 0 Å². The maximum atomic E-state index is 14.7. The van der Waals surface area contributed by atoms with Gasteiger partial charge in [-0.1, -0.05) is 136 Å². The van der Waals surface area contributed by atoms with Crippen molar-refractivity contribution in [3.05, 3.63) is 204 Å². The molecule has 318 valence electrons. The summed E-state index contributed by atoms with van der Waals surface area (Å²) < 4.78 is 31.8. The van der Waals surface area contributed by atoms with Gasteiger partial charge in [0.25, 0.3) is 0 Å². The van der Waals surface area contributed by atoms with Crippen LogP contribution in [0, 0.1) is 11.8 Å². The first-order valence-electron chi connectivity index (χ1n) is 23.5. The lowest BCUT2D eigenvalue weighted by molar-refractivity contribution is 0.0783. The number of sulfone groups is 1. The van der Waals surface area contributed by atoms with E-state index in [0.717, 1.165) is 70.7 Å². The van der Waals surface area contributed by atoms with Crippen LogP contribution in [-0.2, 0) is 20.7 Å². The molecule has 0 amide bonds. The van der Waals surface area contributed by atoms with E-state index in [1.807, 2.05) is 18.2 Å². The number of para-hydroxylation sites is 2. The van der Waals surface area contributed by atoms with Gasteiger partial charge in [0.1, 0.15) is 0 Å². The summed E-state index contributed by atoms with van der Waals surface area (Å²) in [6, 6.07) is 65.1. The lowest BCUT2D eigenvalue weighted by atomic mass is 9.49. The van der Waals surface area contributed by atoms with Crippen LogP contribution in [0.3, 0.4) is 0 Å². The number of hydrogen-bond donors (Lipinski definition) is 0. The van der Waals surface area contributed by atoms with Crippen molar-refractivity contribution in [1.29, 1.82) is 0 Å². The molecule has 4 aliphatic rings. The van der Waals surface area contributed by atoms with E-state index in [1.165, 1.54) is 56.9 Å². The quantitative estimate of drug-likeness (QED) is 0.173. The van der Waals surface area contributed by atoms with Gasteiger partial charge in [-0.2, -0.15) is 0 Å². The second-order valence-corrected chi connectivity index (χ2v) is 21.4. The van der Waals surface area contributed by atoms with Crippen molar-refractivity contribution in [1.82, 2.24) is 4.57 Å². The summed E-state index contributed by atoms with van der Waals surface area (Å²) in [5, 5.41) is 2.51. The zero-order chi connectivity index (χ0) is 43.7. The topological polar surface area (TPSA) is 42.3 Å². The van der Waals surface area contributed by atoms with Gasteiger partial charge in [0.2, 0.25) is 9.84 Å². The Labute approximate surface area is 381 Å². The van der Waals surface area contributed by atoms with E-state index in [2.05, 4.69) is 187 Å². The van der Waals surface area contributed by atoms with Gasteiger partial charge in [-0.15, -0.1) is 0 Å². The Hall–Kier alpha value is -6.69. The highest BCUT2D eigenvalue weighted by Gasteiger charge is 2.57. The Morgan fingerprint density at radius 3 is 1.63 bits per heavy atom. The molecule has 9 aromatic rings. The second-order valence-electron chi connectivity index (χ2n) is 19.5. The van der Waals surface area contributed by atoms with Crippen molar-refractivity contribution in [3.63, 3.8) is 0 Å². The maximum absolute atomic E-state index is 14.7. The fraction of sp³-hybridized carbons (Fsp3) is 0.200. The van der Waals surface area contributed by atoms with Crippen LogP contribution < -0.4 is 4.90 Å². The largest absolute Gasteiger partial charge is 0.310 e. The molecule has 0 atom stereocenters. The molecule has 0 unspecified atom stereocenters. The second kappa shape index (κ2) is 14.2. The third kappa shape index (κ3) is 5.45. The number of aromatic nitrogens is 1. The van der Waals surface area contributed by atoms with E-state index in [9.17, 15) is 8.42 Å². The van der Waals surface area contributed by atoms with Gasteiger partial charge in [-0.25, -0.2) is 8.42 Å². The number of hydrogen-bond acceptors (Lipinski definition) is 3. The van der Waals surface area contributed by atoms with Crippen LogP contribution in [0.2, 0.25) is 0 Å². The molecule has 2 heterocycles. The van der Waals surface area contributed by atoms with Crippen LogP contribution in [0.4, 0.5) is 17.1 Å². The molecule has 2 fully saturated rings. The summed E-state index contributed by atoms with van der Waals surface area (Å²) in [6.45, 7) is 4.67. The van der Waals surface area contributed by atoms with Crippen LogP contribution in [0.25, 0.3) is 49.7 Å². The van der Waals surface area contributed by atoms with E-state index in [0.29, 0.717) is 21.6 Å². The molecule has 65 heavy (non-hydrogen) atoms. The van der Waals surface area contributed by atoms with Gasteiger partial charge in [0.15, 0.2) is 0 Å². The average molecular weight is 863 g/mol. The number of anilines is 3. The average Bonchev–Trinajstić information content (AvgIpc) is 3.79. The summed E-state index contributed by atoms with van der Waals surface area (Å²) in [5.74, 6) is 0.794. The molecule has 0 radical (unpaired) electrons. The van der Waals surface area contributed by atoms with Gasteiger partial charge in [-0.3, -0.25) is 0 Å². The van der Waals surface area contributed by atoms with Crippen molar-refractivity contribution >= 4 is 48.7 Å². The molecule has 2 bridgehead atoms. The molecule has 2 saturated carbocycles. The minimum absolute atomic E-state index is 0.180. The summed E-state index contributed by atoms with van der Waals surface area (Å²) in [5.41, 5.74) is 15.6. The zero-order valence-electron chi connectivity index (χ0n) is 36.8. The number of rotatable bonds is 5. The highest BCUT2D eigenvalue weighted by molar-refractivity contribution is 7.91. The van der Waals surface area contributed by atoms with Crippen LogP contribution in [0.1, 0.15) is 74.6 Å². The Morgan fingerprint density at radius 2 is 0.969 bits per heavy atom. The molecule has 1 aromatic heterocycles. The summed E-state index contributed by atoms with van der Waals surface area (Å²) in [4.78, 5) is 3.37. The van der Waals surface area contributed by atoms with Crippen LogP contribution >= 0.6 is 0 Å². The summed E-state index contributed by atoms with van der Waals surface area (Å²) in [7, 11) is -3.73. The Kier molecular flexibility index (Phi) is 8.44. The lowest BCUT2D eigenvalue weighted by Gasteiger charge is -2.56. The number of nitrogens with zero attached hydrogens (tertiary/aromatic N) is 2. The van der Waals surface area contributed by atoms with Crippen LogP contribution in [0.15, 0.2) is 192 Å². The normalized spacial score (nSPS) is 20.8. The zero-order valence-corrected chi connectivity index (χ0v) is 37.7. The summed E-state index contributed by atoms with van der Waals surface area (Å²) in [6.07, 6.45) is 6.91. The number of benzene rings is 8. The molecule has 1 spiro atoms. The molecule has 4 nitrogen and oxygen atoms in total. The van der Waals surface area contributed by atoms with Crippen LogP contribution in [-0.4, -0.2) is 13.0 Å². The predicted octanol–water partition coefficient (Wildman–Crippen LogP) is 15.3. The smallest absolute Gasteiger partial charge is 0.207 e. The van der Waals surface area contributed by atoms with E-state index >= 15 is 0 Å². The van der Waals surface area contributed by atoms with Gasteiger partial charge in [-0.05, 0) is 155 Å². The molecular formula is C60H50N2O2S. The Balaban J connectivity index is 0.954. The summed E-state index contributed by atoms with van der Waals surface area (Å²) >= 11 is 0. The van der Waals surface area contributed by atoms with E-state index in [1.54, 1.807) is 0 Å². The van der Waals surface area contributed by atoms with E-state index < -0.39 is 9.84 Å². The first kappa shape index (κ1) is 38.7. The highest BCUT2D eigenvalue weighted by Crippen LogP contribution is 2.63. The minimum Gasteiger partial charge on any atom is -0.310 e. The Bertz CT molecular complexity index is 3430. The van der Waals surface area contributed by atoms with Crippen molar-refractivity contribution in [2.75, 3.05) is 4.90 Å². The van der Waals surface area contributed by atoms with Crippen molar-refractivity contribution in [2.45, 2.75) is 73.0 Å². The lowest BCUT2D eigenvalue weighted by Crippen LogP contribution is -2.51. The van der Waals surface area contributed by atoms with Crippen LogP contribution in [0.5, 0.6) is 0 Å². The standard InChI is InChI=1S/C60H50N2O2S/c1-59(2)51-20-6-3-17-47(51)48-35-33-45(37-53(48)59)61(46-34-36-58-54(38-46)60(41-13-11-14-42(60)16-12-15-41)52-21-7-10-24-57(52)65(58,63)64)43-29-25-39(26-30-43)40-27-31-44(32-28-40)62-55-22-8-4-18-49(55)50-19-5-9-23-56(50)62/h3-10,17-38,41-42H,11-16H2,1-2H3/t41-,42+,60?. The van der Waals surface area contributed by atoms with E-state index in [-0.39, 0.29) is 10.8 Å². The highest BCUT2D eigenvalue weighted by atomic mass is 32.2. The monoisotopic (exact) mass is 862 g/mol. The minimum atomic E-state index is -3.73. The molecule has 0 saturated heterocycles. The molecule has 13 rings (SSSR count). The first-order valence-corrected chi connectivity index (χ1v) is 25.0. The fourth-order valence-corrected chi connectivity index (χ4v) is 15.0. The predicted molar refractivity (Wildman–Crippen MR) is 266 cm³/mol. The molecular weight excluding hydrogens is 813 g/mol. The number of fused-ring (bicyclic) bond motifs is 8. The van der Waals surface area contributed by atoms with Gasteiger partial charge in [0, 0.05) is 44.4 Å². The SMILES string of the molecule is CC1(C)c2ccccc2-c2ccc(N(c3ccc(-c4ccc(-n5c6ccccc6c6ccccc65)cc4)cc3)c3ccc4c(c3)C3(c5ccccc5S4(=O)=O)[C@H]4CCC[C@@H]3CCC4)cc21. The molecule has 0 N–H and O–H groups in total. The Morgan fingerprint density at radius 1 is 0.477 bits per heavy atom. The molecule has 8 aromatic carbocycles. The van der Waals surface area contributed by atoms with E-state index in [4.69, 9.17) is 0 Å². The maximum Gasteiger partial charge on any atom is 0.207 e. The van der Waals surface area contributed by atoms with Crippen molar-refractivity contribution in [2.24, 2.45) is 11.8 Å². The third-order valence-corrected chi connectivity index (χ3v) is 17.9. The third-order valence-electron chi connectivity index (χ3n) is 16.1. The molecule has 3 aliphatic carbocycles. The van der Waals surface area contributed by atoms with Crippen molar-refractivity contribution in [3.8, 4) is 27.9 Å². The molecule has 5 heteroatoms. The van der Waals surface area contributed by atoms with Crippen molar-refractivity contribution < 1.29 is 8.42 Å².